The van der Waals surface area contributed by atoms with E-state index in [-0.39, 0.29) is 11.6 Å². The number of aliphatic imine (C=N–C) groups is 1. The molecule has 0 saturated carbocycles. The minimum absolute atomic E-state index is 0.223. The van der Waals surface area contributed by atoms with Gasteiger partial charge in [-0.05, 0) is 44.2 Å². The summed E-state index contributed by atoms with van der Waals surface area (Å²) in [4.78, 5) is 8.62. The van der Waals surface area contributed by atoms with E-state index in [9.17, 15) is 8.60 Å². The van der Waals surface area contributed by atoms with E-state index in [0.717, 1.165) is 0 Å². The zero-order chi connectivity index (χ0) is 18.9. The van der Waals surface area contributed by atoms with Gasteiger partial charge in [-0.1, -0.05) is 0 Å². The van der Waals surface area contributed by atoms with Crippen molar-refractivity contribution in [2.24, 2.45) is 10.7 Å². The van der Waals surface area contributed by atoms with Gasteiger partial charge in [0.1, 0.15) is 11.7 Å². The van der Waals surface area contributed by atoms with Gasteiger partial charge < -0.3 is 15.8 Å². The lowest BCUT2D eigenvalue weighted by molar-refractivity contribution is 0.415. The van der Waals surface area contributed by atoms with Gasteiger partial charge >= 0.3 is 0 Å². The number of nitrogens with one attached hydrogen (secondary N) is 1. The van der Waals surface area contributed by atoms with Gasteiger partial charge in [-0.2, -0.15) is 0 Å². The minimum Gasteiger partial charge on any atom is -0.493 e. The van der Waals surface area contributed by atoms with Crippen LogP contribution in [-0.4, -0.2) is 32.6 Å². The fourth-order valence-corrected chi connectivity index (χ4v) is 3.89. The molecule has 2 heterocycles. The van der Waals surface area contributed by atoms with Crippen LogP contribution in [0.5, 0.6) is 5.75 Å². The molecule has 2 atom stereocenters. The Labute approximate surface area is 154 Å². The number of aromatic nitrogens is 1. The number of hydrogen-bond acceptors (Lipinski definition) is 6. The van der Waals surface area contributed by atoms with Crippen molar-refractivity contribution >= 4 is 28.1 Å². The molecule has 6 nitrogen and oxygen atoms in total. The molecule has 3 N–H and O–H groups in total. The monoisotopic (exact) mass is 376 g/mol. The van der Waals surface area contributed by atoms with Crippen LogP contribution in [0.15, 0.2) is 41.5 Å². The van der Waals surface area contributed by atoms with Gasteiger partial charge in [0.05, 0.1) is 23.7 Å². The molecule has 0 spiro atoms. The first-order valence-electron chi connectivity index (χ1n) is 8.10. The van der Waals surface area contributed by atoms with E-state index >= 15 is 0 Å². The molecule has 2 unspecified atom stereocenters. The summed E-state index contributed by atoms with van der Waals surface area (Å²) in [7, 11) is 0.306. The number of hydrogen-bond donors (Lipinski definition) is 2. The van der Waals surface area contributed by atoms with Gasteiger partial charge in [-0.25, -0.2) is 9.37 Å². The summed E-state index contributed by atoms with van der Waals surface area (Å²) in [6, 6.07) is 7.54. The number of nitrogens with zero attached hydrogens (tertiary/aromatic N) is 2. The lowest BCUT2D eigenvalue weighted by Gasteiger charge is -2.31. The van der Waals surface area contributed by atoms with Crippen molar-refractivity contribution in [2.45, 2.75) is 24.6 Å². The molecule has 1 aliphatic rings. The number of nitrogens with two attached hydrogens (primary N) is 1. The van der Waals surface area contributed by atoms with Gasteiger partial charge in [0, 0.05) is 28.2 Å². The van der Waals surface area contributed by atoms with Gasteiger partial charge in [-0.15, -0.1) is 0 Å². The Morgan fingerprint density at radius 2 is 2.15 bits per heavy atom. The largest absolute Gasteiger partial charge is 0.493 e. The van der Waals surface area contributed by atoms with Gasteiger partial charge in [0.2, 0.25) is 0 Å². The van der Waals surface area contributed by atoms with Gasteiger partial charge in [0.15, 0.2) is 11.6 Å². The number of methoxy groups -OCH3 is 1. The second kappa shape index (κ2) is 7.03. The van der Waals surface area contributed by atoms with Crippen LogP contribution in [0.4, 0.5) is 15.9 Å². The van der Waals surface area contributed by atoms with Gasteiger partial charge in [-0.3, -0.25) is 9.20 Å². The summed E-state index contributed by atoms with van der Waals surface area (Å²) in [5.41, 5.74) is 6.94. The van der Waals surface area contributed by atoms with E-state index in [4.69, 9.17) is 10.5 Å². The van der Waals surface area contributed by atoms with Crippen LogP contribution in [0, 0.1) is 5.82 Å². The average molecular weight is 376 g/mol. The predicted octanol–water partition coefficient (Wildman–Crippen LogP) is 2.91. The number of ether oxygens (including phenoxy) is 1. The normalized spacial score (nSPS) is 21.8. The third-order valence-electron chi connectivity index (χ3n) is 4.40. The molecule has 3 rings (SSSR count). The molecule has 26 heavy (non-hydrogen) atoms. The molecule has 2 aromatic rings. The third kappa shape index (κ3) is 3.41. The molecule has 138 valence electrons. The molecule has 1 aliphatic heterocycles. The van der Waals surface area contributed by atoms with Crippen LogP contribution in [0.2, 0.25) is 0 Å². The van der Waals surface area contributed by atoms with Crippen LogP contribution in [0.25, 0.3) is 0 Å². The first-order chi connectivity index (χ1) is 12.3. The third-order valence-corrected chi connectivity index (χ3v) is 6.36. The highest BCUT2D eigenvalue weighted by molar-refractivity contribution is 7.87. The second-order valence-electron chi connectivity index (χ2n) is 6.47. The lowest BCUT2D eigenvalue weighted by atomic mass is 10.1. The SMILES string of the molecule is COc1cccnc1Nc1ccc(F)c(C2CS(=O)C(C)(C)C(N)=N2)c1. The number of anilines is 2. The van der Waals surface area contributed by atoms with E-state index in [1.54, 1.807) is 51.4 Å². The Kier molecular flexibility index (Phi) is 4.95. The Morgan fingerprint density at radius 1 is 1.38 bits per heavy atom. The predicted molar refractivity (Wildman–Crippen MR) is 102 cm³/mol. The quantitative estimate of drug-likeness (QED) is 0.856. The standard InChI is InChI=1S/C18H21FN4O2S/c1-18(2)17(20)23-14(10-26(18)24)12-9-11(6-7-13(12)19)22-16-15(25-3)5-4-8-21-16/h4-9,14H,10H2,1-3H3,(H2,20,23)(H,21,22). The highest BCUT2D eigenvalue weighted by Crippen LogP contribution is 2.33. The fraction of sp³-hybridized carbons (Fsp3) is 0.333. The van der Waals surface area contributed by atoms with Crippen molar-refractivity contribution in [2.75, 3.05) is 18.2 Å². The van der Waals surface area contributed by atoms with E-state index in [1.165, 1.54) is 6.07 Å². The molecule has 0 bridgehead atoms. The minimum atomic E-state index is -1.24. The van der Waals surface area contributed by atoms with Crippen molar-refractivity contribution in [1.82, 2.24) is 4.98 Å². The smallest absolute Gasteiger partial charge is 0.173 e. The Hall–Kier alpha value is -2.48. The zero-order valence-electron chi connectivity index (χ0n) is 14.8. The fourth-order valence-electron chi connectivity index (χ4n) is 2.65. The Morgan fingerprint density at radius 3 is 2.85 bits per heavy atom. The molecule has 1 aromatic carbocycles. The van der Waals surface area contributed by atoms with Crippen molar-refractivity contribution in [3.05, 3.63) is 47.9 Å². The molecule has 1 aromatic heterocycles. The maximum atomic E-state index is 14.4. The Balaban J connectivity index is 1.94. The maximum absolute atomic E-state index is 14.4. The number of benzene rings is 1. The molecule has 0 radical (unpaired) electrons. The van der Waals surface area contributed by atoms with E-state index in [1.807, 2.05) is 0 Å². The molecule has 0 amide bonds. The number of halogens is 1. The summed E-state index contributed by atoms with van der Waals surface area (Å²) in [5, 5.41) is 3.11. The summed E-state index contributed by atoms with van der Waals surface area (Å²) < 4.78 is 31.4. The topological polar surface area (TPSA) is 89.6 Å². The first-order valence-corrected chi connectivity index (χ1v) is 9.42. The van der Waals surface area contributed by atoms with Crippen LogP contribution in [-0.2, 0) is 10.8 Å². The first kappa shape index (κ1) is 18.3. The van der Waals surface area contributed by atoms with Crippen molar-refractivity contribution in [3.8, 4) is 5.75 Å². The number of pyridine rings is 1. The van der Waals surface area contributed by atoms with Gasteiger partial charge in [0.25, 0.3) is 0 Å². The van der Waals surface area contributed by atoms with E-state index < -0.39 is 27.4 Å². The molecule has 8 heteroatoms. The van der Waals surface area contributed by atoms with E-state index in [2.05, 4.69) is 15.3 Å². The average Bonchev–Trinajstić information content (AvgIpc) is 2.62. The van der Waals surface area contributed by atoms with Crippen LogP contribution in [0.1, 0.15) is 25.5 Å². The highest BCUT2D eigenvalue weighted by atomic mass is 32.2. The maximum Gasteiger partial charge on any atom is 0.173 e. The zero-order valence-corrected chi connectivity index (χ0v) is 15.6. The number of amidine groups is 1. The van der Waals surface area contributed by atoms with Crippen molar-refractivity contribution < 1.29 is 13.3 Å². The number of rotatable bonds is 4. The molecule has 0 fully saturated rings. The molecule has 0 saturated heterocycles. The lowest BCUT2D eigenvalue weighted by Crippen LogP contribution is -2.47. The van der Waals surface area contributed by atoms with Crippen molar-refractivity contribution in [1.29, 1.82) is 0 Å². The Bertz CT molecular complexity index is 885. The summed E-state index contributed by atoms with van der Waals surface area (Å²) in [6.45, 7) is 3.56. The van der Waals surface area contributed by atoms with Crippen molar-refractivity contribution in [3.63, 3.8) is 0 Å². The highest BCUT2D eigenvalue weighted by Gasteiger charge is 2.37. The van der Waals surface area contributed by atoms with Crippen LogP contribution in [0.3, 0.4) is 0 Å². The summed E-state index contributed by atoms with van der Waals surface area (Å²) >= 11 is 0. The molecular weight excluding hydrogens is 355 g/mol. The van der Waals surface area contributed by atoms with Crippen LogP contribution >= 0.6 is 0 Å². The second-order valence-corrected chi connectivity index (χ2v) is 8.51. The molecular formula is C18H21FN4O2S. The van der Waals surface area contributed by atoms with Crippen LogP contribution < -0.4 is 15.8 Å². The summed E-state index contributed by atoms with van der Waals surface area (Å²) in [5.74, 6) is 1.17. The van der Waals surface area contributed by atoms with E-state index in [0.29, 0.717) is 22.8 Å². The molecule has 0 aliphatic carbocycles. The summed E-state index contributed by atoms with van der Waals surface area (Å²) in [6.07, 6.45) is 1.63.